The zero-order valence-electron chi connectivity index (χ0n) is 20.1. The highest BCUT2D eigenvalue weighted by molar-refractivity contribution is 6.42. The number of hydrogen-bond acceptors (Lipinski definition) is 4. The molecule has 3 aliphatic heterocycles. The zero-order valence-corrected chi connectivity index (χ0v) is 21.7. The Balaban J connectivity index is 1.34. The van der Waals surface area contributed by atoms with Gasteiger partial charge in [-0.05, 0) is 48.9 Å². The quantitative estimate of drug-likeness (QED) is 0.464. The molecule has 3 aliphatic rings. The molecule has 0 radical (unpaired) electrons. The predicted octanol–water partition coefficient (Wildman–Crippen LogP) is 5.05. The van der Waals surface area contributed by atoms with Crippen LogP contribution in [-0.4, -0.2) is 78.6 Å². The van der Waals surface area contributed by atoms with Crippen LogP contribution in [0.5, 0.6) is 0 Å². The summed E-state index contributed by atoms with van der Waals surface area (Å²) in [5.74, 6) is -1.39. The minimum atomic E-state index is -4.75. The highest BCUT2D eigenvalue weighted by Crippen LogP contribution is 2.36. The van der Waals surface area contributed by atoms with Crippen molar-refractivity contribution >= 4 is 29.1 Å². The third-order valence-corrected chi connectivity index (χ3v) is 8.44. The first kappa shape index (κ1) is 26.7. The second kappa shape index (κ2) is 10.3. The molecule has 1 amide bonds. The van der Waals surface area contributed by atoms with Crippen LogP contribution >= 0.6 is 23.2 Å². The molecule has 0 spiro atoms. The fraction of sp³-hybridized carbons (Fsp3) is 0.500. The maximum absolute atomic E-state index is 14.2. The summed E-state index contributed by atoms with van der Waals surface area (Å²) in [6.45, 7) is 2.83. The Bertz CT molecular complexity index is 1180. The van der Waals surface area contributed by atoms with Gasteiger partial charge in [0.1, 0.15) is 5.82 Å². The monoisotopic (exact) mass is 559 g/mol. The maximum atomic E-state index is 14.2. The normalized spacial score (nSPS) is 26.0. The number of morpholine rings is 1. The number of alkyl halides is 3. The van der Waals surface area contributed by atoms with Crippen molar-refractivity contribution in [3.05, 3.63) is 69.0 Å². The van der Waals surface area contributed by atoms with Crippen molar-refractivity contribution in [3.63, 3.8) is 0 Å². The van der Waals surface area contributed by atoms with Crippen molar-refractivity contribution in [2.75, 3.05) is 39.8 Å². The number of halogens is 6. The summed E-state index contributed by atoms with van der Waals surface area (Å²) in [6.07, 6.45) is -3.60. The number of nitrogens with zero attached hydrogens (tertiary/aromatic N) is 3. The summed E-state index contributed by atoms with van der Waals surface area (Å²) in [5.41, 5.74) is 0.0405. The number of carbonyl (C=O) groups is 1. The molecular weight excluding hydrogens is 533 g/mol. The Morgan fingerprint density at radius 3 is 2.51 bits per heavy atom. The standard InChI is InChI=1S/C26H27Cl2F4N3O2/c1-33(9-15-2-4-20(23(29)6-15)26(30,31)32)24-12-35(11-19(24)16-3-5-21(27)22(28)7-16)25(36)13-34-10-18-8-17(34)14-37-18/h2-7,17-19,24H,8-14H2,1H3/t17-,18+,19-,24?/m1/s1. The molecule has 0 N–H and O–H groups in total. The van der Waals surface area contributed by atoms with E-state index in [-0.39, 0.29) is 36.6 Å². The fourth-order valence-corrected chi connectivity index (χ4v) is 6.05. The molecule has 1 unspecified atom stereocenters. The highest BCUT2D eigenvalue weighted by Gasteiger charge is 2.43. The van der Waals surface area contributed by atoms with Gasteiger partial charge >= 0.3 is 6.18 Å². The lowest BCUT2D eigenvalue weighted by Crippen LogP contribution is -2.45. The van der Waals surface area contributed by atoms with E-state index in [4.69, 9.17) is 27.9 Å². The van der Waals surface area contributed by atoms with Crippen LogP contribution in [0.1, 0.15) is 29.0 Å². The Labute approximate surface area is 222 Å². The van der Waals surface area contributed by atoms with Crippen LogP contribution in [0.25, 0.3) is 0 Å². The van der Waals surface area contributed by atoms with E-state index in [0.29, 0.717) is 41.8 Å². The molecule has 200 valence electrons. The third-order valence-electron chi connectivity index (χ3n) is 7.70. The van der Waals surface area contributed by atoms with Gasteiger partial charge in [-0.1, -0.05) is 35.3 Å². The summed E-state index contributed by atoms with van der Waals surface area (Å²) < 4.78 is 58.8. The molecule has 0 aromatic heterocycles. The molecule has 2 aromatic rings. The molecule has 5 nitrogen and oxygen atoms in total. The number of hydrogen-bond donors (Lipinski definition) is 0. The molecular formula is C26H27Cl2F4N3O2. The highest BCUT2D eigenvalue weighted by atomic mass is 35.5. The van der Waals surface area contributed by atoms with E-state index in [2.05, 4.69) is 4.90 Å². The van der Waals surface area contributed by atoms with Gasteiger partial charge in [-0.25, -0.2) is 4.39 Å². The number of likely N-dealkylation sites (N-methyl/N-ethyl adjacent to an activating group) is 1. The first-order valence-corrected chi connectivity index (χ1v) is 12.9. The lowest BCUT2D eigenvalue weighted by atomic mass is 9.93. The summed E-state index contributed by atoms with van der Waals surface area (Å²) in [4.78, 5) is 19.3. The van der Waals surface area contributed by atoms with E-state index in [1.165, 1.54) is 6.07 Å². The van der Waals surface area contributed by atoms with Gasteiger partial charge in [-0.2, -0.15) is 13.2 Å². The number of ether oxygens (including phenoxy) is 1. The summed E-state index contributed by atoms with van der Waals surface area (Å²) >= 11 is 12.4. The number of benzene rings is 2. The SMILES string of the molecule is CN(Cc1ccc(C(F)(F)F)c(F)c1)C1CN(C(=O)CN2C[C@@H]3C[C@@H]2CO3)C[C@@H]1c1ccc(Cl)c(Cl)c1. The van der Waals surface area contributed by atoms with Crippen molar-refractivity contribution in [1.82, 2.24) is 14.7 Å². The maximum Gasteiger partial charge on any atom is 0.419 e. The van der Waals surface area contributed by atoms with E-state index >= 15 is 0 Å². The van der Waals surface area contributed by atoms with Crippen molar-refractivity contribution in [3.8, 4) is 0 Å². The van der Waals surface area contributed by atoms with Crippen LogP contribution in [0.4, 0.5) is 17.6 Å². The van der Waals surface area contributed by atoms with E-state index < -0.39 is 17.6 Å². The number of likely N-dealkylation sites (tertiary alicyclic amines) is 2. The van der Waals surface area contributed by atoms with Crippen LogP contribution < -0.4 is 0 Å². The summed E-state index contributed by atoms with van der Waals surface area (Å²) in [7, 11) is 1.83. The smallest absolute Gasteiger partial charge is 0.375 e. The van der Waals surface area contributed by atoms with Gasteiger partial charge in [-0.3, -0.25) is 14.6 Å². The topological polar surface area (TPSA) is 36.0 Å². The van der Waals surface area contributed by atoms with Crippen molar-refractivity contribution in [2.24, 2.45) is 0 Å². The molecule has 0 saturated carbocycles. The Hall–Kier alpha value is -1.91. The van der Waals surface area contributed by atoms with Gasteiger partial charge in [-0.15, -0.1) is 0 Å². The number of amides is 1. The molecule has 0 aliphatic carbocycles. The van der Waals surface area contributed by atoms with Crippen molar-refractivity contribution in [1.29, 1.82) is 0 Å². The molecule has 4 atom stereocenters. The van der Waals surface area contributed by atoms with Gasteiger partial charge in [0.2, 0.25) is 5.91 Å². The number of fused-ring (bicyclic) bond motifs is 2. The summed E-state index contributed by atoms with van der Waals surface area (Å²) in [6, 6.07) is 8.48. The average Bonchev–Trinajstić information content (AvgIpc) is 3.56. The molecule has 2 aromatic carbocycles. The lowest BCUT2D eigenvalue weighted by molar-refractivity contribution is -0.140. The van der Waals surface area contributed by atoms with E-state index in [1.54, 1.807) is 12.1 Å². The molecule has 2 bridgehead atoms. The van der Waals surface area contributed by atoms with Crippen LogP contribution in [0.3, 0.4) is 0 Å². The van der Waals surface area contributed by atoms with E-state index in [1.807, 2.05) is 22.9 Å². The number of carbonyl (C=O) groups excluding carboxylic acids is 1. The fourth-order valence-electron chi connectivity index (χ4n) is 5.75. The van der Waals surface area contributed by atoms with Crippen LogP contribution in [-0.2, 0) is 22.3 Å². The Morgan fingerprint density at radius 1 is 1.11 bits per heavy atom. The molecule has 3 fully saturated rings. The minimum absolute atomic E-state index is 0.0223. The van der Waals surface area contributed by atoms with Crippen LogP contribution in [0, 0.1) is 5.82 Å². The van der Waals surface area contributed by atoms with Crippen molar-refractivity contribution < 1.29 is 27.1 Å². The lowest BCUT2D eigenvalue weighted by Gasteiger charge is -2.30. The molecule has 11 heteroatoms. The van der Waals surface area contributed by atoms with E-state index in [9.17, 15) is 22.4 Å². The number of rotatable bonds is 6. The Morgan fingerprint density at radius 2 is 1.89 bits per heavy atom. The largest absolute Gasteiger partial charge is 0.419 e. The average molecular weight is 560 g/mol. The predicted molar refractivity (Wildman–Crippen MR) is 132 cm³/mol. The van der Waals surface area contributed by atoms with Gasteiger partial charge in [0, 0.05) is 44.2 Å². The van der Waals surface area contributed by atoms with Crippen LogP contribution in [0.2, 0.25) is 10.0 Å². The zero-order chi connectivity index (χ0) is 26.5. The van der Waals surface area contributed by atoms with Gasteiger partial charge in [0.25, 0.3) is 0 Å². The van der Waals surface area contributed by atoms with Crippen molar-refractivity contribution in [2.45, 2.75) is 43.2 Å². The van der Waals surface area contributed by atoms with E-state index in [0.717, 1.165) is 30.7 Å². The first-order valence-electron chi connectivity index (χ1n) is 12.1. The molecule has 3 saturated heterocycles. The minimum Gasteiger partial charge on any atom is -0.375 e. The van der Waals surface area contributed by atoms with Gasteiger partial charge < -0.3 is 9.64 Å². The van der Waals surface area contributed by atoms with Gasteiger partial charge in [0.05, 0.1) is 34.9 Å². The first-order chi connectivity index (χ1) is 17.5. The molecule has 37 heavy (non-hydrogen) atoms. The summed E-state index contributed by atoms with van der Waals surface area (Å²) in [5, 5.41) is 0.830. The van der Waals surface area contributed by atoms with Crippen LogP contribution in [0.15, 0.2) is 36.4 Å². The Kier molecular flexibility index (Phi) is 7.46. The molecule has 3 heterocycles. The van der Waals surface area contributed by atoms with Gasteiger partial charge in [0.15, 0.2) is 0 Å². The second-order valence-electron chi connectivity index (χ2n) is 10.1. The molecule has 5 rings (SSSR count). The third kappa shape index (κ3) is 5.61. The second-order valence-corrected chi connectivity index (χ2v) is 11.0.